The summed E-state index contributed by atoms with van der Waals surface area (Å²) in [7, 11) is 0. The van der Waals surface area contributed by atoms with E-state index in [0.29, 0.717) is 16.9 Å². The number of nitrogens with two attached hydrogens (primary N) is 2. The molecule has 0 atom stereocenters. The predicted molar refractivity (Wildman–Crippen MR) is 107 cm³/mol. The summed E-state index contributed by atoms with van der Waals surface area (Å²) in [5.74, 6) is -0.410. The molecule has 7 nitrogen and oxygen atoms in total. The Morgan fingerprint density at radius 2 is 1.63 bits per heavy atom. The lowest BCUT2D eigenvalue weighted by Crippen LogP contribution is -2.41. The first kappa shape index (κ1) is 20.0. The summed E-state index contributed by atoms with van der Waals surface area (Å²) in [6.45, 7) is 6.79. The molecule has 4 N–H and O–H groups in total. The Morgan fingerprint density at radius 1 is 1.04 bits per heavy atom. The molecule has 1 aromatic heterocycles. The summed E-state index contributed by atoms with van der Waals surface area (Å²) >= 11 is 0. The van der Waals surface area contributed by atoms with Crippen molar-refractivity contribution in [3.63, 3.8) is 0 Å². The second-order valence-electron chi connectivity index (χ2n) is 7.06. The van der Waals surface area contributed by atoms with Gasteiger partial charge in [0.2, 0.25) is 0 Å². The molecule has 0 spiro atoms. The summed E-state index contributed by atoms with van der Waals surface area (Å²) in [5.41, 5.74) is 12.7. The molecule has 142 valence electrons. The van der Waals surface area contributed by atoms with E-state index in [2.05, 4.69) is 4.98 Å². The van der Waals surface area contributed by atoms with Crippen LogP contribution in [-0.4, -0.2) is 22.6 Å². The fourth-order valence-corrected chi connectivity index (χ4v) is 2.20. The molecule has 2 aromatic rings. The largest absolute Gasteiger partial charge is 0.443 e. The van der Waals surface area contributed by atoms with Crippen molar-refractivity contribution in [2.75, 3.05) is 16.4 Å². The lowest BCUT2D eigenvalue weighted by molar-refractivity contribution is -0.114. The maximum absolute atomic E-state index is 13.0. The molecule has 0 saturated carbocycles. The van der Waals surface area contributed by atoms with Gasteiger partial charge in [0.25, 0.3) is 5.91 Å². The van der Waals surface area contributed by atoms with Gasteiger partial charge >= 0.3 is 6.09 Å². The molecule has 0 aliphatic heterocycles. The van der Waals surface area contributed by atoms with Crippen LogP contribution in [0, 0.1) is 0 Å². The number of nitrogens with zero attached hydrogens (tertiary/aromatic N) is 2. The van der Waals surface area contributed by atoms with Gasteiger partial charge in [0.05, 0.1) is 11.9 Å². The zero-order chi connectivity index (χ0) is 20.2. The van der Waals surface area contributed by atoms with Crippen molar-refractivity contribution in [1.29, 1.82) is 0 Å². The number of hydrogen-bond acceptors (Lipinski definition) is 6. The highest BCUT2D eigenvalue weighted by molar-refractivity contribution is 6.19. The van der Waals surface area contributed by atoms with Crippen LogP contribution in [0.3, 0.4) is 0 Å². The number of carbonyl (C=O) groups is 2. The fraction of sp³-hybridized carbons (Fsp3) is 0.250. The average Bonchev–Trinajstić information content (AvgIpc) is 2.57. The van der Waals surface area contributed by atoms with Crippen molar-refractivity contribution >= 4 is 35.3 Å². The van der Waals surface area contributed by atoms with E-state index in [1.807, 2.05) is 0 Å². The van der Waals surface area contributed by atoms with Gasteiger partial charge in [-0.15, -0.1) is 0 Å². The summed E-state index contributed by atoms with van der Waals surface area (Å²) in [6.07, 6.45) is 2.23. The lowest BCUT2D eigenvalue weighted by atomic mass is 10.1. The van der Waals surface area contributed by atoms with Crippen LogP contribution in [0.1, 0.15) is 33.3 Å². The first-order valence-corrected chi connectivity index (χ1v) is 8.39. The monoisotopic (exact) mass is 368 g/mol. The van der Waals surface area contributed by atoms with E-state index in [-0.39, 0.29) is 5.82 Å². The third-order valence-electron chi connectivity index (χ3n) is 3.44. The normalized spacial score (nSPS) is 11.8. The number of hydrogen-bond donors (Lipinski definition) is 2. The number of amides is 2. The number of nitrogen functional groups attached to an aromatic ring is 2. The van der Waals surface area contributed by atoms with Gasteiger partial charge in [-0.1, -0.05) is 12.1 Å². The zero-order valence-electron chi connectivity index (χ0n) is 15.9. The van der Waals surface area contributed by atoms with E-state index in [4.69, 9.17) is 16.2 Å². The van der Waals surface area contributed by atoms with Crippen molar-refractivity contribution < 1.29 is 14.3 Å². The minimum atomic E-state index is -0.810. The molecule has 0 bridgehead atoms. The van der Waals surface area contributed by atoms with Gasteiger partial charge in [-0.2, -0.15) is 4.90 Å². The highest BCUT2D eigenvalue weighted by Crippen LogP contribution is 2.20. The molecule has 0 radical (unpaired) electrons. The Balaban J connectivity index is 2.39. The van der Waals surface area contributed by atoms with Crippen LogP contribution in [0.5, 0.6) is 0 Å². The van der Waals surface area contributed by atoms with E-state index >= 15 is 0 Å². The number of rotatable bonds is 3. The molecule has 7 heteroatoms. The molecule has 0 aliphatic carbocycles. The number of benzene rings is 1. The van der Waals surface area contributed by atoms with E-state index in [1.54, 1.807) is 64.1 Å². The Morgan fingerprint density at radius 3 is 2.15 bits per heavy atom. The summed E-state index contributed by atoms with van der Waals surface area (Å²) in [5, 5.41) is 0. The van der Waals surface area contributed by atoms with Crippen molar-refractivity contribution in [3.8, 4) is 0 Å². The number of imide groups is 1. The molecule has 0 unspecified atom stereocenters. The van der Waals surface area contributed by atoms with E-state index in [1.165, 1.54) is 12.3 Å². The van der Waals surface area contributed by atoms with Gasteiger partial charge < -0.3 is 16.2 Å². The number of pyridine rings is 1. The van der Waals surface area contributed by atoms with Gasteiger partial charge in [0, 0.05) is 11.3 Å². The lowest BCUT2D eigenvalue weighted by Gasteiger charge is -2.25. The molecule has 2 amide bonds. The van der Waals surface area contributed by atoms with Crippen LogP contribution < -0.4 is 16.4 Å². The molecular formula is C20H24N4O3. The Labute approximate surface area is 158 Å². The quantitative estimate of drug-likeness (QED) is 0.632. The second-order valence-corrected chi connectivity index (χ2v) is 7.06. The highest BCUT2D eigenvalue weighted by Gasteiger charge is 2.30. The number of carbonyl (C=O) groups excluding carboxylic acids is 2. The SMILES string of the molecule is C/C(=C\c1ccc(N)cc1)C(=O)N(C(=O)OC(C)(C)C)c1ccc(N)cn1. The average molecular weight is 368 g/mol. The molecule has 1 heterocycles. The minimum absolute atomic E-state index is 0.133. The second kappa shape index (κ2) is 7.90. The van der Waals surface area contributed by atoms with E-state index in [0.717, 1.165) is 10.5 Å². The summed E-state index contributed by atoms with van der Waals surface area (Å²) in [4.78, 5) is 30.6. The fourth-order valence-electron chi connectivity index (χ4n) is 2.20. The molecule has 0 fully saturated rings. The van der Waals surface area contributed by atoms with Gasteiger partial charge in [-0.25, -0.2) is 9.78 Å². The Hall–Kier alpha value is -3.35. The van der Waals surface area contributed by atoms with Crippen molar-refractivity contribution in [1.82, 2.24) is 4.98 Å². The predicted octanol–water partition coefficient (Wildman–Crippen LogP) is 3.62. The molecule has 0 saturated heterocycles. The van der Waals surface area contributed by atoms with Crippen molar-refractivity contribution in [2.45, 2.75) is 33.3 Å². The molecular weight excluding hydrogens is 344 g/mol. The third kappa shape index (κ3) is 5.57. The highest BCUT2D eigenvalue weighted by atomic mass is 16.6. The van der Waals surface area contributed by atoms with E-state index in [9.17, 15) is 9.59 Å². The summed E-state index contributed by atoms with van der Waals surface area (Å²) < 4.78 is 5.37. The van der Waals surface area contributed by atoms with Gasteiger partial charge in [0.1, 0.15) is 11.4 Å². The number of aromatic nitrogens is 1. The number of ether oxygens (including phenoxy) is 1. The maximum atomic E-state index is 13.0. The van der Waals surface area contributed by atoms with Gasteiger partial charge in [-0.3, -0.25) is 4.79 Å². The first-order valence-electron chi connectivity index (χ1n) is 8.39. The van der Waals surface area contributed by atoms with Crippen LogP contribution >= 0.6 is 0 Å². The van der Waals surface area contributed by atoms with Crippen molar-refractivity contribution in [2.24, 2.45) is 0 Å². The molecule has 0 aliphatic rings. The molecule has 27 heavy (non-hydrogen) atoms. The third-order valence-corrected chi connectivity index (χ3v) is 3.44. The van der Waals surface area contributed by atoms with Crippen LogP contribution in [0.25, 0.3) is 6.08 Å². The standard InChI is InChI=1S/C20H24N4O3/c1-13(11-14-5-7-15(21)8-6-14)18(25)24(19(26)27-20(2,3)4)17-10-9-16(22)12-23-17/h5-12H,21-22H2,1-4H3/b13-11+. The van der Waals surface area contributed by atoms with Gasteiger partial charge in [-0.05, 0) is 63.6 Å². The first-order chi connectivity index (χ1) is 12.6. The van der Waals surface area contributed by atoms with Crippen LogP contribution in [0.4, 0.5) is 22.0 Å². The smallest absolute Gasteiger partial charge is 0.423 e. The molecule has 2 rings (SSSR count). The minimum Gasteiger partial charge on any atom is -0.443 e. The van der Waals surface area contributed by atoms with Gasteiger partial charge in [0.15, 0.2) is 0 Å². The number of anilines is 3. The zero-order valence-corrected chi connectivity index (χ0v) is 15.9. The van der Waals surface area contributed by atoms with Crippen LogP contribution in [0.15, 0.2) is 48.2 Å². The Kier molecular flexibility index (Phi) is 5.85. The molecule has 1 aromatic carbocycles. The maximum Gasteiger partial charge on any atom is 0.423 e. The van der Waals surface area contributed by atoms with Crippen LogP contribution in [0.2, 0.25) is 0 Å². The van der Waals surface area contributed by atoms with Crippen molar-refractivity contribution in [3.05, 3.63) is 53.7 Å². The summed E-state index contributed by atoms with van der Waals surface area (Å²) in [6, 6.07) is 10.1. The Bertz CT molecular complexity index is 850. The topological polar surface area (TPSA) is 112 Å². The van der Waals surface area contributed by atoms with E-state index < -0.39 is 17.6 Å². The van der Waals surface area contributed by atoms with Crippen LogP contribution in [-0.2, 0) is 9.53 Å².